The van der Waals surface area contributed by atoms with Gasteiger partial charge in [-0.25, -0.2) is 0 Å². The first kappa shape index (κ1) is 10.0. The molecular formula is C8H7NO2S2. The molecule has 0 saturated heterocycles. The Bertz CT molecular complexity index is 313. The fraction of sp³-hybridized carbons (Fsp3) is 0. The molecule has 1 amide bonds. The largest absolute Gasteiger partial charge is 0.432 e. The van der Waals surface area contributed by atoms with Gasteiger partial charge in [-0.1, -0.05) is 30.8 Å². The van der Waals surface area contributed by atoms with Gasteiger partial charge in [0.05, 0.1) is 0 Å². The maximum absolute atomic E-state index is 10.4. The Labute approximate surface area is 86.5 Å². The quantitative estimate of drug-likeness (QED) is 0.553. The highest BCUT2D eigenvalue weighted by Gasteiger charge is 2.00. The van der Waals surface area contributed by atoms with Gasteiger partial charge in [0.25, 0.3) is 10.4 Å². The predicted octanol–water partition coefficient (Wildman–Crippen LogP) is 1.99. The maximum atomic E-state index is 10.4. The third-order valence-electron chi connectivity index (χ3n) is 1.16. The molecule has 1 rings (SSSR count). The van der Waals surface area contributed by atoms with Gasteiger partial charge in [-0.05, 0) is 24.4 Å². The van der Waals surface area contributed by atoms with Gasteiger partial charge in [0.2, 0.25) is 0 Å². The summed E-state index contributed by atoms with van der Waals surface area (Å²) in [7, 11) is 0. The van der Waals surface area contributed by atoms with Crippen molar-refractivity contribution in [1.29, 1.82) is 0 Å². The number of carbonyl (C=O) groups is 1. The minimum Gasteiger partial charge on any atom is -0.432 e. The van der Waals surface area contributed by atoms with Crippen LogP contribution < -0.4 is 10.1 Å². The standard InChI is InChI=1S/C8H7NO2S2/c10-7(12)9-8(13)11-6-4-2-1-3-5-6/h1-5H,(H2,9,10,12,13). The molecule has 0 aliphatic heterocycles. The smallest absolute Gasteiger partial charge is 0.283 e. The van der Waals surface area contributed by atoms with E-state index in [9.17, 15) is 4.79 Å². The summed E-state index contributed by atoms with van der Waals surface area (Å²) in [6.45, 7) is 0. The Kier molecular flexibility index (Phi) is 3.72. The Morgan fingerprint density at radius 3 is 2.54 bits per heavy atom. The van der Waals surface area contributed by atoms with Crippen molar-refractivity contribution in [3.05, 3.63) is 30.3 Å². The number of nitrogens with one attached hydrogen (secondary N) is 1. The van der Waals surface area contributed by atoms with E-state index in [4.69, 9.17) is 17.0 Å². The van der Waals surface area contributed by atoms with E-state index in [0.717, 1.165) is 0 Å². The minimum absolute atomic E-state index is 0.00815. The van der Waals surface area contributed by atoms with Gasteiger partial charge in [-0.2, -0.15) is 0 Å². The van der Waals surface area contributed by atoms with Crippen LogP contribution in [0.2, 0.25) is 0 Å². The molecule has 1 aromatic rings. The summed E-state index contributed by atoms with van der Waals surface area (Å²) >= 11 is 8.20. The molecule has 5 heteroatoms. The van der Waals surface area contributed by atoms with Crippen LogP contribution in [0.4, 0.5) is 4.79 Å². The van der Waals surface area contributed by atoms with Gasteiger partial charge in [0.1, 0.15) is 5.75 Å². The molecule has 0 fully saturated rings. The molecule has 0 heterocycles. The molecule has 0 aromatic heterocycles. The lowest BCUT2D eigenvalue weighted by atomic mass is 10.3. The molecule has 0 spiro atoms. The summed E-state index contributed by atoms with van der Waals surface area (Å²) < 4.78 is 5.08. The third-order valence-corrected chi connectivity index (χ3v) is 1.46. The van der Waals surface area contributed by atoms with E-state index in [2.05, 4.69) is 17.9 Å². The first-order valence-electron chi connectivity index (χ1n) is 3.45. The molecule has 13 heavy (non-hydrogen) atoms. The summed E-state index contributed by atoms with van der Waals surface area (Å²) in [6, 6.07) is 8.93. The van der Waals surface area contributed by atoms with E-state index >= 15 is 0 Å². The second-order valence-corrected chi connectivity index (χ2v) is 2.91. The van der Waals surface area contributed by atoms with E-state index in [0.29, 0.717) is 5.75 Å². The Morgan fingerprint density at radius 1 is 1.38 bits per heavy atom. The fourth-order valence-electron chi connectivity index (χ4n) is 0.708. The number of hydrogen-bond donors (Lipinski definition) is 2. The minimum atomic E-state index is -0.541. The van der Waals surface area contributed by atoms with Gasteiger partial charge in [0, 0.05) is 0 Å². The van der Waals surface area contributed by atoms with Crippen molar-refractivity contribution >= 4 is 35.3 Å². The Morgan fingerprint density at radius 2 is 2.00 bits per heavy atom. The van der Waals surface area contributed by atoms with Crippen LogP contribution in [0.3, 0.4) is 0 Å². The lowest BCUT2D eigenvalue weighted by molar-refractivity contribution is 0.263. The van der Waals surface area contributed by atoms with Crippen molar-refractivity contribution in [1.82, 2.24) is 5.32 Å². The predicted molar refractivity (Wildman–Crippen MR) is 57.2 cm³/mol. The van der Waals surface area contributed by atoms with Crippen molar-refractivity contribution in [2.24, 2.45) is 0 Å². The van der Waals surface area contributed by atoms with Crippen LogP contribution in [-0.4, -0.2) is 10.4 Å². The molecule has 0 aliphatic rings. The van der Waals surface area contributed by atoms with Crippen LogP contribution in [0.5, 0.6) is 5.75 Å². The molecule has 0 aliphatic carbocycles. The second-order valence-electron chi connectivity index (χ2n) is 2.13. The van der Waals surface area contributed by atoms with E-state index in [1.807, 2.05) is 6.07 Å². The molecule has 0 saturated carbocycles. The van der Waals surface area contributed by atoms with E-state index in [-0.39, 0.29) is 5.17 Å². The normalized spacial score (nSPS) is 9.00. The molecule has 0 radical (unpaired) electrons. The highest BCUT2D eigenvalue weighted by atomic mass is 32.1. The summed E-state index contributed by atoms with van der Waals surface area (Å²) in [5, 5.41) is 1.68. The average molecular weight is 213 g/mol. The van der Waals surface area contributed by atoms with Crippen LogP contribution >= 0.6 is 24.8 Å². The molecular weight excluding hydrogens is 206 g/mol. The highest BCUT2D eigenvalue weighted by Crippen LogP contribution is 2.08. The van der Waals surface area contributed by atoms with Crippen LogP contribution in [0.1, 0.15) is 0 Å². The van der Waals surface area contributed by atoms with Crippen molar-refractivity contribution in [2.75, 3.05) is 0 Å². The topological polar surface area (TPSA) is 38.3 Å². The highest BCUT2D eigenvalue weighted by molar-refractivity contribution is 7.96. The number of para-hydroxylation sites is 1. The number of carbonyl (C=O) groups excluding carboxylic acids is 1. The zero-order valence-electron chi connectivity index (χ0n) is 6.56. The number of ether oxygens (including phenoxy) is 1. The number of rotatable bonds is 1. The monoisotopic (exact) mass is 213 g/mol. The Balaban J connectivity index is 2.50. The number of benzene rings is 1. The lowest BCUT2D eigenvalue weighted by Crippen LogP contribution is -2.28. The molecule has 0 atom stereocenters. The van der Waals surface area contributed by atoms with Gasteiger partial charge < -0.3 is 4.74 Å². The summed E-state index contributed by atoms with van der Waals surface area (Å²) in [5.74, 6) is 0.578. The number of thiocarbonyl (C=S) groups is 1. The molecule has 3 nitrogen and oxygen atoms in total. The van der Waals surface area contributed by atoms with Crippen LogP contribution in [-0.2, 0) is 0 Å². The summed E-state index contributed by atoms with van der Waals surface area (Å²) in [6.07, 6.45) is 0. The number of amides is 1. The van der Waals surface area contributed by atoms with Crippen molar-refractivity contribution in [2.45, 2.75) is 0 Å². The van der Waals surface area contributed by atoms with E-state index in [1.54, 1.807) is 24.3 Å². The van der Waals surface area contributed by atoms with Crippen molar-refractivity contribution < 1.29 is 9.53 Å². The van der Waals surface area contributed by atoms with Crippen LogP contribution in [0.25, 0.3) is 0 Å². The lowest BCUT2D eigenvalue weighted by Gasteiger charge is -2.05. The van der Waals surface area contributed by atoms with Gasteiger partial charge >= 0.3 is 0 Å². The molecule has 1 N–H and O–H groups in total. The zero-order valence-corrected chi connectivity index (χ0v) is 8.27. The molecule has 1 aromatic carbocycles. The summed E-state index contributed by atoms with van der Waals surface area (Å²) in [4.78, 5) is 10.4. The molecule has 0 bridgehead atoms. The second kappa shape index (κ2) is 4.84. The van der Waals surface area contributed by atoms with E-state index < -0.39 is 5.24 Å². The van der Waals surface area contributed by atoms with Gasteiger partial charge in [0.15, 0.2) is 0 Å². The maximum Gasteiger partial charge on any atom is 0.283 e. The van der Waals surface area contributed by atoms with Gasteiger partial charge in [-0.15, -0.1) is 0 Å². The van der Waals surface area contributed by atoms with E-state index in [1.165, 1.54) is 0 Å². The first-order chi connectivity index (χ1) is 6.18. The zero-order chi connectivity index (χ0) is 9.68. The number of hydrogen-bond acceptors (Lipinski definition) is 3. The van der Waals surface area contributed by atoms with Crippen LogP contribution in [0.15, 0.2) is 30.3 Å². The number of thiol groups is 1. The first-order valence-corrected chi connectivity index (χ1v) is 4.31. The average Bonchev–Trinajstić information content (AvgIpc) is 2.04. The SMILES string of the molecule is O=C(S)NC(=S)Oc1ccccc1. The summed E-state index contributed by atoms with van der Waals surface area (Å²) in [5.41, 5.74) is 0. The molecule has 0 unspecified atom stereocenters. The molecule has 68 valence electrons. The van der Waals surface area contributed by atoms with Crippen molar-refractivity contribution in [3.63, 3.8) is 0 Å². The van der Waals surface area contributed by atoms with Crippen LogP contribution in [0, 0.1) is 0 Å². The Hall–Kier alpha value is -1.07. The fourth-order valence-corrected chi connectivity index (χ4v) is 1.07. The third kappa shape index (κ3) is 3.91. The van der Waals surface area contributed by atoms with Crippen molar-refractivity contribution in [3.8, 4) is 5.75 Å². The van der Waals surface area contributed by atoms with Gasteiger partial charge in [-0.3, -0.25) is 10.1 Å².